The molecule has 2 heterocycles. The van der Waals surface area contributed by atoms with Crippen molar-refractivity contribution in [2.45, 2.75) is 37.7 Å². The van der Waals surface area contributed by atoms with Gasteiger partial charge in [0.05, 0.1) is 16.8 Å². The van der Waals surface area contributed by atoms with Gasteiger partial charge in [0, 0.05) is 29.3 Å². The summed E-state index contributed by atoms with van der Waals surface area (Å²) in [4.78, 5) is 7.77. The molecule has 0 aliphatic heterocycles. The molecule has 0 spiro atoms. The second kappa shape index (κ2) is 4.63. The molecule has 90 valence electrons. The van der Waals surface area contributed by atoms with Crippen molar-refractivity contribution in [1.29, 1.82) is 0 Å². The van der Waals surface area contributed by atoms with Crippen LogP contribution in [0.25, 0.3) is 11.3 Å². The molecular weight excluding hydrogens is 232 g/mol. The van der Waals surface area contributed by atoms with E-state index in [1.54, 1.807) is 11.3 Å². The van der Waals surface area contributed by atoms with Gasteiger partial charge in [0.15, 0.2) is 0 Å². The molecule has 0 atom stereocenters. The molecule has 0 aromatic carbocycles. The van der Waals surface area contributed by atoms with Crippen molar-refractivity contribution in [3.05, 3.63) is 28.8 Å². The fourth-order valence-corrected chi connectivity index (χ4v) is 3.41. The van der Waals surface area contributed by atoms with Gasteiger partial charge in [-0.3, -0.25) is 0 Å². The lowest BCUT2D eigenvalue weighted by Crippen LogP contribution is -2.16. The van der Waals surface area contributed by atoms with E-state index in [-0.39, 0.29) is 6.10 Å². The average molecular weight is 248 g/mol. The summed E-state index contributed by atoms with van der Waals surface area (Å²) in [7, 11) is 0. The summed E-state index contributed by atoms with van der Waals surface area (Å²) in [6, 6.07) is 2.05. The SMILES string of the molecule is OC1CCC(c2nc(-c3cc[nH]c3)cs2)CC1. The van der Waals surface area contributed by atoms with Crippen LogP contribution in [0.4, 0.5) is 0 Å². The second-order valence-corrected chi connectivity index (χ2v) is 5.57. The maximum Gasteiger partial charge on any atom is 0.0963 e. The molecule has 4 heteroatoms. The topological polar surface area (TPSA) is 48.9 Å². The molecule has 1 aliphatic rings. The van der Waals surface area contributed by atoms with Crippen LogP contribution < -0.4 is 0 Å². The van der Waals surface area contributed by atoms with E-state index in [1.807, 2.05) is 18.5 Å². The zero-order valence-electron chi connectivity index (χ0n) is 9.60. The molecule has 0 radical (unpaired) electrons. The van der Waals surface area contributed by atoms with E-state index in [0.29, 0.717) is 5.92 Å². The van der Waals surface area contributed by atoms with Crippen molar-refractivity contribution in [1.82, 2.24) is 9.97 Å². The number of aliphatic hydroxyl groups is 1. The summed E-state index contributed by atoms with van der Waals surface area (Å²) < 4.78 is 0. The van der Waals surface area contributed by atoms with Crippen LogP contribution in [0.1, 0.15) is 36.6 Å². The molecule has 2 N–H and O–H groups in total. The lowest BCUT2D eigenvalue weighted by molar-refractivity contribution is 0.122. The summed E-state index contributed by atoms with van der Waals surface area (Å²) in [5, 5.41) is 12.9. The predicted octanol–water partition coefficient (Wildman–Crippen LogP) is 3.16. The van der Waals surface area contributed by atoms with Crippen LogP contribution in [0.2, 0.25) is 0 Å². The number of rotatable bonds is 2. The van der Waals surface area contributed by atoms with Gasteiger partial charge in [-0.05, 0) is 31.7 Å². The predicted molar refractivity (Wildman–Crippen MR) is 69.1 cm³/mol. The van der Waals surface area contributed by atoms with Crippen LogP contribution in [0, 0.1) is 0 Å². The van der Waals surface area contributed by atoms with Crippen LogP contribution in [0.5, 0.6) is 0 Å². The number of aromatic amines is 1. The zero-order valence-corrected chi connectivity index (χ0v) is 10.4. The van der Waals surface area contributed by atoms with E-state index >= 15 is 0 Å². The van der Waals surface area contributed by atoms with Crippen molar-refractivity contribution < 1.29 is 5.11 Å². The zero-order chi connectivity index (χ0) is 11.7. The normalized spacial score (nSPS) is 25.0. The first-order valence-electron chi connectivity index (χ1n) is 6.09. The molecule has 2 aromatic heterocycles. The molecule has 0 unspecified atom stereocenters. The van der Waals surface area contributed by atoms with E-state index in [4.69, 9.17) is 4.98 Å². The van der Waals surface area contributed by atoms with Crippen molar-refractivity contribution in [2.24, 2.45) is 0 Å². The van der Waals surface area contributed by atoms with E-state index in [0.717, 1.165) is 36.9 Å². The second-order valence-electron chi connectivity index (χ2n) is 4.68. The highest BCUT2D eigenvalue weighted by Gasteiger charge is 2.23. The van der Waals surface area contributed by atoms with Gasteiger partial charge in [0.25, 0.3) is 0 Å². The Kier molecular flexibility index (Phi) is 2.99. The minimum absolute atomic E-state index is 0.0876. The fourth-order valence-electron chi connectivity index (χ4n) is 2.41. The molecule has 3 nitrogen and oxygen atoms in total. The summed E-state index contributed by atoms with van der Waals surface area (Å²) in [6.45, 7) is 0. The Morgan fingerprint density at radius 3 is 2.82 bits per heavy atom. The van der Waals surface area contributed by atoms with E-state index in [9.17, 15) is 5.11 Å². The first-order chi connectivity index (χ1) is 8.33. The Morgan fingerprint density at radius 2 is 2.12 bits per heavy atom. The minimum Gasteiger partial charge on any atom is -0.393 e. The van der Waals surface area contributed by atoms with Gasteiger partial charge in [-0.2, -0.15) is 0 Å². The molecule has 0 saturated heterocycles. The van der Waals surface area contributed by atoms with Gasteiger partial charge in [0.2, 0.25) is 0 Å². The molecule has 3 rings (SSSR count). The first-order valence-corrected chi connectivity index (χ1v) is 6.97. The number of aromatic nitrogens is 2. The van der Waals surface area contributed by atoms with Crippen molar-refractivity contribution in [3.63, 3.8) is 0 Å². The third-order valence-corrected chi connectivity index (χ3v) is 4.47. The van der Waals surface area contributed by atoms with Crippen molar-refractivity contribution in [2.75, 3.05) is 0 Å². The molecule has 1 fully saturated rings. The molecule has 17 heavy (non-hydrogen) atoms. The molecule has 0 amide bonds. The highest BCUT2D eigenvalue weighted by Crippen LogP contribution is 2.35. The monoisotopic (exact) mass is 248 g/mol. The quantitative estimate of drug-likeness (QED) is 0.857. The van der Waals surface area contributed by atoms with Gasteiger partial charge >= 0.3 is 0 Å². The largest absolute Gasteiger partial charge is 0.393 e. The van der Waals surface area contributed by atoms with Crippen molar-refractivity contribution >= 4 is 11.3 Å². The van der Waals surface area contributed by atoms with E-state index in [2.05, 4.69) is 10.4 Å². The number of aliphatic hydroxyl groups excluding tert-OH is 1. The first kappa shape index (κ1) is 11.0. The highest BCUT2D eigenvalue weighted by atomic mass is 32.1. The maximum absolute atomic E-state index is 9.51. The van der Waals surface area contributed by atoms with Crippen LogP contribution in [-0.4, -0.2) is 21.2 Å². The van der Waals surface area contributed by atoms with Gasteiger partial charge in [-0.15, -0.1) is 11.3 Å². The standard InChI is InChI=1S/C13H16N2OS/c16-11-3-1-9(2-4-11)13-15-12(8-17-13)10-5-6-14-7-10/h5-9,11,14,16H,1-4H2. The number of H-pyrrole nitrogens is 1. The molecule has 1 aliphatic carbocycles. The maximum atomic E-state index is 9.51. The van der Waals surface area contributed by atoms with Gasteiger partial charge in [-0.25, -0.2) is 4.98 Å². The summed E-state index contributed by atoms with van der Waals surface area (Å²) in [5.74, 6) is 0.552. The van der Waals surface area contributed by atoms with Crippen LogP contribution in [-0.2, 0) is 0 Å². The van der Waals surface area contributed by atoms with Gasteiger partial charge in [0.1, 0.15) is 0 Å². The van der Waals surface area contributed by atoms with Gasteiger partial charge < -0.3 is 10.1 Å². The Labute approximate surface area is 105 Å². The number of thiazole rings is 1. The minimum atomic E-state index is -0.0876. The molecular formula is C13H16N2OS. The van der Waals surface area contributed by atoms with Crippen LogP contribution >= 0.6 is 11.3 Å². The average Bonchev–Trinajstić information content (AvgIpc) is 3.00. The Balaban J connectivity index is 1.76. The van der Waals surface area contributed by atoms with Crippen molar-refractivity contribution in [3.8, 4) is 11.3 Å². The third-order valence-electron chi connectivity index (χ3n) is 3.46. The van der Waals surface area contributed by atoms with E-state index < -0.39 is 0 Å². The Bertz CT molecular complexity index is 469. The Morgan fingerprint density at radius 1 is 1.29 bits per heavy atom. The number of nitrogens with one attached hydrogen (secondary N) is 1. The summed E-state index contributed by atoms with van der Waals surface area (Å²) >= 11 is 1.75. The third kappa shape index (κ3) is 2.28. The molecule has 0 bridgehead atoms. The van der Waals surface area contributed by atoms with Crippen LogP contribution in [0.3, 0.4) is 0 Å². The number of hydrogen-bond donors (Lipinski definition) is 2. The fraction of sp³-hybridized carbons (Fsp3) is 0.462. The van der Waals surface area contributed by atoms with Crippen LogP contribution in [0.15, 0.2) is 23.8 Å². The molecule has 1 saturated carbocycles. The number of hydrogen-bond acceptors (Lipinski definition) is 3. The molecule has 2 aromatic rings. The number of nitrogens with zero attached hydrogens (tertiary/aromatic N) is 1. The summed E-state index contributed by atoms with van der Waals surface area (Å²) in [6.07, 6.45) is 7.79. The summed E-state index contributed by atoms with van der Waals surface area (Å²) in [5.41, 5.74) is 2.22. The Hall–Kier alpha value is -1.13. The lowest BCUT2D eigenvalue weighted by atomic mass is 9.88. The lowest BCUT2D eigenvalue weighted by Gasteiger charge is -2.23. The van der Waals surface area contributed by atoms with Gasteiger partial charge in [-0.1, -0.05) is 0 Å². The van der Waals surface area contributed by atoms with E-state index in [1.165, 1.54) is 5.01 Å². The highest BCUT2D eigenvalue weighted by molar-refractivity contribution is 7.10. The smallest absolute Gasteiger partial charge is 0.0963 e.